The van der Waals surface area contributed by atoms with Crippen molar-refractivity contribution in [2.45, 2.75) is 39.7 Å². The highest BCUT2D eigenvalue weighted by Gasteiger charge is 2.29. The van der Waals surface area contributed by atoms with Gasteiger partial charge in [0.15, 0.2) is 11.5 Å². The summed E-state index contributed by atoms with van der Waals surface area (Å²) >= 11 is 0. The van der Waals surface area contributed by atoms with Gasteiger partial charge in [-0.1, -0.05) is 19.9 Å². The molecule has 0 fully saturated rings. The molecule has 0 saturated carbocycles. The average Bonchev–Trinajstić information content (AvgIpc) is 3.08. The van der Waals surface area contributed by atoms with Gasteiger partial charge in [0.1, 0.15) is 0 Å². The van der Waals surface area contributed by atoms with E-state index in [4.69, 9.17) is 14.2 Å². The predicted molar refractivity (Wildman–Crippen MR) is 139 cm³/mol. The SMILES string of the molecule is COc1cc2c(c(OC)c1OC)-c1ccc(NCC(=O)NCC(C)C)c(=O)cc1C(NC(C)=O)CC2. The minimum absolute atomic E-state index is 0.0311. The number of ether oxygens (including phenoxy) is 3. The van der Waals surface area contributed by atoms with Crippen molar-refractivity contribution in [1.29, 1.82) is 0 Å². The van der Waals surface area contributed by atoms with Crippen LogP contribution in [0.4, 0.5) is 5.69 Å². The van der Waals surface area contributed by atoms with Crippen LogP contribution in [0, 0.1) is 5.92 Å². The standard InChI is InChI=1S/C27H35N3O6/c1-15(2)13-29-24(33)14-28-21-10-8-18-19(12-22(21)32)20(30-16(3)31)9-7-17-11-23(34-4)26(35-5)27(36-6)25(17)18/h8,10-12,15,20H,7,9,13-14H2,1-6H3,(H,28,32)(H,29,33)(H,30,31). The molecule has 1 atom stereocenters. The molecular formula is C27H35N3O6. The lowest BCUT2D eigenvalue weighted by molar-refractivity contribution is -0.120. The van der Waals surface area contributed by atoms with Gasteiger partial charge in [0.05, 0.1) is 39.6 Å². The summed E-state index contributed by atoms with van der Waals surface area (Å²) in [5.74, 6) is 1.39. The van der Waals surface area contributed by atoms with Crippen LogP contribution in [-0.4, -0.2) is 46.2 Å². The first-order valence-corrected chi connectivity index (χ1v) is 12.0. The van der Waals surface area contributed by atoms with Crippen LogP contribution in [0.5, 0.6) is 17.2 Å². The van der Waals surface area contributed by atoms with E-state index in [0.29, 0.717) is 48.1 Å². The second-order valence-electron chi connectivity index (χ2n) is 9.15. The molecule has 194 valence electrons. The number of amides is 2. The fraction of sp³-hybridized carbons (Fsp3) is 0.444. The molecule has 2 aromatic rings. The monoisotopic (exact) mass is 497 g/mol. The number of carbonyl (C=O) groups is 2. The van der Waals surface area contributed by atoms with Gasteiger partial charge in [-0.3, -0.25) is 14.4 Å². The first kappa shape index (κ1) is 26.8. The molecule has 0 aromatic heterocycles. The first-order valence-electron chi connectivity index (χ1n) is 12.0. The van der Waals surface area contributed by atoms with E-state index in [9.17, 15) is 14.4 Å². The third-order valence-electron chi connectivity index (χ3n) is 6.06. The molecule has 0 radical (unpaired) electrons. The Hall–Kier alpha value is -3.75. The molecule has 9 heteroatoms. The summed E-state index contributed by atoms with van der Waals surface area (Å²) in [7, 11) is 4.66. The minimum Gasteiger partial charge on any atom is -0.493 e. The Morgan fingerprint density at radius 2 is 1.78 bits per heavy atom. The van der Waals surface area contributed by atoms with E-state index in [1.807, 2.05) is 26.0 Å². The van der Waals surface area contributed by atoms with Crippen molar-refractivity contribution in [3.05, 3.63) is 45.6 Å². The Morgan fingerprint density at radius 3 is 2.39 bits per heavy atom. The lowest BCUT2D eigenvalue weighted by Crippen LogP contribution is -2.33. The van der Waals surface area contributed by atoms with E-state index < -0.39 is 6.04 Å². The molecule has 2 aromatic carbocycles. The first-order chi connectivity index (χ1) is 17.2. The highest BCUT2D eigenvalue weighted by atomic mass is 16.5. The second kappa shape index (κ2) is 11.8. The second-order valence-corrected chi connectivity index (χ2v) is 9.15. The average molecular weight is 498 g/mol. The van der Waals surface area contributed by atoms with Crippen LogP contribution in [0.25, 0.3) is 11.1 Å². The number of rotatable bonds is 9. The molecule has 0 heterocycles. The van der Waals surface area contributed by atoms with Crippen LogP contribution in [0.15, 0.2) is 29.1 Å². The highest BCUT2D eigenvalue weighted by molar-refractivity contribution is 5.84. The third-order valence-corrected chi connectivity index (χ3v) is 6.06. The quantitative estimate of drug-likeness (QED) is 0.488. The van der Waals surface area contributed by atoms with E-state index in [1.165, 1.54) is 20.1 Å². The highest BCUT2D eigenvalue weighted by Crippen LogP contribution is 2.50. The molecule has 3 rings (SSSR count). The zero-order valence-corrected chi connectivity index (χ0v) is 21.7. The number of fused-ring (bicyclic) bond motifs is 3. The molecular weight excluding hydrogens is 462 g/mol. The van der Waals surface area contributed by atoms with Crippen molar-refractivity contribution in [1.82, 2.24) is 10.6 Å². The van der Waals surface area contributed by atoms with Crippen LogP contribution in [-0.2, 0) is 16.0 Å². The van der Waals surface area contributed by atoms with Gasteiger partial charge in [0.25, 0.3) is 0 Å². The minimum atomic E-state index is -0.395. The normalized spacial score (nSPS) is 14.1. The molecule has 0 spiro atoms. The molecule has 0 bridgehead atoms. The molecule has 0 saturated heterocycles. The van der Waals surface area contributed by atoms with Gasteiger partial charge in [-0.2, -0.15) is 0 Å². The van der Waals surface area contributed by atoms with E-state index in [1.54, 1.807) is 20.3 Å². The molecule has 36 heavy (non-hydrogen) atoms. The fourth-order valence-electron chi connectivity index (χ4n) is 4.41. The van der Waals surface area contributed by atoms with E-state index >= 15 is 0 Å². The smallest absolute Gasteiger partial charge is 0.239 e. The van der Waals surface area contributed by atoms with Gasteiger partial charge in [0, 0.05) is 19.0 Å². The Balaban J connectivity index is 2.16. The molecule has 1 unspecified atom stereocenters. The summed E-state index contributed by atoms with van der Waals surface area (Å²) in [6, 6.07) is 6.51. The van der Waals surface area contributed by atoms with Crippen molar-refractivity contribution in [2.24, 2.45) is 5.92 Å². The molecule has 0 aliphatic heterocycles. The van der Waals surface area contributed by atoms with E-state index in [2.05, 4.69) is 16.0 Å². The topological polar surface area (TPSA) is 115 Å². The van der Waals surface area contributed by atoms with Crippen molar-refractivity contribution in [3.63, 3.8) is 0 Å². The Bertz CT molecular complexity index is 1190. The summed E-state index contributed by atoms with van der Waals surface area (Å²) < 4.78 is 16.9. The number of hydrogen-bond donors (Lipinski definition) is 3. The fourth-order valence-corrected chi connectivity index (χ4v) is 4.41. The van der Waals surface area contributed by atoms with Gasteiger partial charge in [0.2, 0.25) is 23.0 Å². The summed E-state index contributed by atoms with van der Waals surface area (Å²) in [6.45, 7) is 6.00. The number of hydrogen-bond acceptors (Lipinski definition) is 7. The summed E-state index contributed by atoms with van der Waals surface area (Å²) in [5, 5.41) is 8.77. The van der Waals surface area contributed by atoms with E-state index in [-0.39, 0.29) is 29.5 Å². The molecule has 3 N–H and O–H groups in total. The van der Waals surface area contributed by atoms with Gasteiger partial charge in [-0.25, -0.2) is 0 Å². The van der Waals surface area contributed by atoms with E-state index in [0.717, 1.165) is 16.7 Å². The van der Waals surface area contributed by atoms with Crippen LogP contribution in [0.2, 0.25) is 0 Å². The lowest BCUT2D eigenvalue weighted by Gasteiger charge is -2.19. The van der Waals surface area contributed by atoms with Gasteiger partial charge >= 0.3 is 0 Å². The summed E-state index contributed by atoms with van der Waals surface area (Å²) in [4.78, 5) is 37.5. The van der Waals surface area contributed by atoms with Crippen molar-refractivity contribution < 1.29 is 23.8 Å². The van der Waals surface area contributed by atoms with Crippen molar-refractivity contribution in [3.8, 4) is 28.4 Å². The van der Waals surface area contributed by atoms with Crippen LogP contribution in [0.3, 0.4) is 0 Å². The maximum absolute atomic E-state index is 13.2. The van der Waals surface area contributed by atoms with Gasteiger partial charge in [-0.15, -0.1) is 0 Å². The molecule has 9 nitrogen and oxygen atoms in total. The van der Waals surface area contributed by atoms with Crippen LogP contribution in [0.1, 0.15) is 44.4 Å². The summed E-state index contributed by atoms with van der Waals surface area (Å²) in [5.41, 5.74) is 3.11. The predicted octanol–water partition coefficient (Wildman–Crippen LogP) is 3.05. The number of anilines is 1. The maximum atomic E-state index is 13.2. The van der Waals surface area contributed by atoms with Gasteiger partial charge in [-0.05, 0) is 53.6 Å². The zero-order chi connectivity index (χ0) is 26.4. The summed E-state index contributed by atoms with van der Waals surface area (Å²) in [6.07, 6.45) is 1.19. The third kappa shape index (κ3) is 5.90. The van der Waals surface area contributed by atoms with Crippen molar-refractivity contribution in [2.75, 3.05) is 39.7 Å². The molecule has 2 amide bonds. The van der Waals surface area contributed by atoms with Crippen molar-refractivity contribution >= 4 is 17.5 Å². The Morgan fingerprint density at radius 1 is 1.06 bits per heavy atom. The number of benzene rings is 1. The number of methoxy groups -OCH3 is 3. The molecule has 1 aliphatic rings. The zero-order valence-electron chi connectivity index (χ0n) is 21.7. The number of aryl methyl sites for hydroxylation is 1. The van der Waals surface area contributed by atoms with Crippen LogP contribution >= 0.6 is 0 Å². The lowest BCUT2D eigenvalue weighted by atomic mass is 9.95. The van der Waals surface area contributed by atoms with Crippen LogP contribution < -0.4 is 35.6 Å². The number of carbonyl (C=O) groups excluding carboxylic acids is 2. The number of nitrogens with one attached hydrogen (secondary N) is 3. The maximum Gasteiger partial charge on any atom is 0.239 e. The Kier molecular flexibility index (Phi) is 8.79. The molecule has 1 aliphatic carbocycles. The largest absolute Gasteiger partial charge is 0.493 e. The Labute approximate surface area is 211 Å². The van der Waals surface area contributed by atoms with Gasteiger partial charge < -0.3 is 30.2 Å².